The minimum absolute atomic E-state index is 0.136. The second-order valence-corrected chi connectivity index (χ2v) is 9.63. The maximum atomic E-state index is 12.8. The molecule has 1 atom stereocenters. The molecule has 6 nitrogen and oxygen atoms in total. The molecule has 3 rings (SSSR count). The second-order valence-electron chi connectivity index (χ2n) is 7.95. The van der Waals surface area contributed by atoms with Gasteiger partial charge in [-0.15, -0.1) is 0 Å². The van der Waals surface area contributed by atoms with Crippen molar-refractivity contribution in [2.24, 2.45) is 0 Å². The molecule has 2 aromatic carbocycles. The molecule has 0 saturated heterocycles. The van der Waals surface area contributed by atoms with E-state index in [2.05, 4.69) is 10.0 Å². The maximum Gasteiger partial charge on any atom is 0.261 e. The number of para-hydroxylation sites is 1. The third-order valence-electron chi connectivity index (χ3n) is 5.49. The molecule has 162 valence electrons. The lowest BCUT2D eigenvalue weighted by molar-refractivity contribution is -0.128. The number of hydrogen-bond acceptors (Lipinski definition) is 4. The molecule has 1 amide bonds. The van der Waals surface area contributed by atoms with Gasteiger partial charge in [-0.2, -0.15) is 0 Å². The van der Waals surface area contributed by atoms with E-state index in [9.17, 15) is 13.2 Å². The van der Waals surface area contributed by atoms with Crippen LogP contribution >= 0.6 is 0 Å². The van der Waals surface area contributed by atoms with E-state index in [1.807, 2.05) is 32.0 Å². The van der Waals surface area contributed by atoms with E-state index >= 15 is 0 Å². The van der Waals surface area contributed by atoms with Gasteiger partial charge in [-0.05, 0) is 69.0 Å². The highest BCUT2D eigenvalue weighted by atomic mass is 32.2. The van der Waals surface area contributed by atoms with Crippen molar-refractivity contribution < 1.29 is 17.9 Å². The number of carbonyl (C=O) groups excluding carboxylic acids is 1. The van der Waals surface area contributed by atoms with Gasteiger partial charge in [0.15, 0.2) is 6.10 Å². The van der Waals surface area contributed by atoms with E-state index in [0.29, 0.717) is 11.4 Å². The summed E-state index contributed by atoms with van der Waals surface area (Å²) in [6.07, 6.45) is 4.89. The Labute approximate surface area is 179 Å². The molecule has 1 saturated carbocycles. The van der Waals surface area contributed by atoms with Crippen molar-refractivity contribution in [3.63, 3.8) is 0 Å². The fourth-order valence-corrected chi connectivity index (χ4v) is 4.89. The van der Waals surface area contributed by atoms with Gasteiger partial charge in [-0.3, -0.25) is 9.52 Å². The minimum atomic E-state index is -3.72. The molecule has 0 spiro atoms. The van der Waals surface area contributed by atoms with Crippen LogP contribution in [0.5, 0.6) is 5.75 Å². The average molecular weight is 431 g/mol. The summed E-state index contributed by atoms with van der Waals surface area (Å²) in [6.45, 7) is 5.43. The molecular weight excluding hydrogens is 400 g/mol. The van der Waals surface area contributed by atoms with Crippen LogP contribution < -0.4 is 14.8 Å². The Hall–Kier alpha value is -2.54. The standard InChI is InChI=1S/C23H30N2O4S/c1-16-8-7-9-17(2)22(16)25-30(27,28)21-14-12-20(13-15-21)29-18(3)23(26)24-19-10-5-4-6-11-19/h7-9,12-15,18-19,25H,4-6,10-11H2,1-3H3,(H,24,26)/t18-/m1/s1. The second kappa shape index (κ2) is 9.51. The van der Waals surface area contributed by atoms with Gasteiger partial charge in [-0.1, -0.05) is 37.5 Å². The topological polar surface area (TPSA) is 84.5 Å². The summed E-state index contributed by atoms with van der Waals surface area (Å²) in [6, 6.07) is 11.9. The lowest BCUT2D eigenvalue weighted by Crippen LogP contribution is -2.43. The molecule has 0 aliphatic heterocycles. The summed E-state index contributed by atoms with van der Waals surface area (Å²) < 4.78 is 33.9. The number of aryl methyl sites for hydroxylation is 2. The lowest BCUT2D eigenvalue weighted by atomic mass is 9.95. The smallest absolute Gasteiger partial charge is 0.261 e. The number of nitrogens with one attached hydrogen (secondary N) is 2. The van der Waals surface area contributed by atoms with Crippen molar-refractivity contribution in [1.82, 2.24) is 5.32 Å². The number of sulfonamides is 1. The first kappa shape index (κ1) is 22.2. The van der Waals surface area contributed by atoms with E-state index in [1.54, 1.807) is 19.1 Å². The summed E-state index contributed by atoms with van der Waals surface area (Å²) in [5, 5.41) is 3.04. The monoisotopic (exact) mass is 430 g/mol. The summed E-state index contributed by atoms with van der Waals surface area (Å²) >= 11 is 0. The zero-order valence-corrected chi connectivity index (χ0v) is 18.6. The van der Waals surface area contributed by atoms with Crippen LogP contribution in [0.4, 0.5) is 5.69 Å². The molecule has 30 heavy (non-hydrogen) atoms. The average Bonchev–Trinajstić information content (AvgIpc) is 2.72. The number of rotatable bonds is 7. The van der Waals surface area contributed by atoms with E-state index in [4.69, 9.17) is 4.74 Å². The van der Waals surface area contributed by atoms with Crippen molar-refractivity contribution in [3.8, 4) is 5.75 Å². The van der Waals surface area contributed by atoms with E-state index < -0.39 is 16.1 Å². The number of hydrogen-bond donors (Lipinski definition) is 2. The van der Waals surface area contributed by atoms with Gasteiger partial charge in [0.05, 0.1) is 10.6 Å². The minimum Gasteiger partial charge on any atom is -0.481 e. The first-order valence-electron chi connectivity index (χ1n) is 10.4. The lowest BCUT2D eigenvalue weighted by Gasteiger charge is -2.24. The highest BCUT2D eigenvalue weighted by Gasteiger charge is 2.21. The fourth-order valence-electron chi connectivity index (χ4n) is 3.69. The van der Waals surface area contributed by atoms with Gasteiger partial charge >= 0.3 is 0 Å². The van der Waals surface area contributed by atoms with Crippen molar-refractivity contribution in [2.45, 2.75) is 69.9 Å². The Balaban J connectivity index is 1.63. The number of benzene rings is 2. The zero-order valence-electron chi connectivity index (χ0n) is 17.8. The summed E-state index contributed by atoms with van der Waals surface area (Å²) in [4.78, 5) is 12.5. The van der Waals surface area contributed by atoms with Crippen LogP contribution in [0.25, 0.3) is 0 Å². The Morgan fingerprint density at radius 1 is 1.00 bits per heavy atom. The van der Waals surface area contributed by atoms with Gasteiger partial charge < -0.3 is 10.1 Å². The van der Waals surface area contributed by atoms with E-state index in [-0.39, 0.29) is 16.8 Å². The highest BCUT2D eigenvalue weighted by Crippen LogP contribution is 2.25. The van der Waals surface area contributed by atoms with Crippen molar-refractivity contribution in [1.29, 1.82) is 0 Å². The molecule has 7 heteroatoms. The number of anilines is 1. The van der Waals surface area contributed by atoms with Crippen molar-refractivity contribution in [3.05, 3.63) is 53.6 Å². The predicted molar refractivity (Wildman–Crippen MR) is 118 cm³/mol. The van der Waals surface area contributed by atoms with Gasteiger partial charge in [0, 0.05) is 6.04 Å². The fraction of sp³-hybridized carbons (Fsp3) is 0.435. The molecule has 2 N–H and O–H groups in total. The van der Waals surface area contributed by atoms with E-state index in [0.717, 1.165) is 36.8 Å². The van der Waals surface area contributed by atoms with Crippen LogP contribution in [-0.2, 0) is 14.8 Å². The largest absolute Gasteiger partial charge is 0.481 e. The van der Waals surface area contributed by atoms with Gasteiger partial charge in [0.2, 0.25) is 0 Å². The molecule has 0 bridgehead atoms. The van der Waals surface area contributed by atoms with Gasteiger partial charge in [0.1, 0.15) is 5.75 Å². The molecule has 0 radical (unpaired) electrons. The highest BCUT2D eigenvalue weighted by molar-refractivity contribution is 7.92. The Bertz CT molecular complexity index is 961. The first-order chi connectivity index (χ1) is 14.3. The van der Waals surface area contributed by atoms with Crippen LogP contribution in [0, 0.1) is 13.8 Å². The summed E-state index contributed by atoms with van der Waals surface area (Å²) in [5.41, 5.74) is 2.30. The van der Waals surface area contributed by atoms with Gasteiger partial charge in [-0.25, -0.2) is 8.42 Å². The molecule has 2 aromatic rings. The summed E-state index contributed by atoms with van der Waals surface area (Å²) in [7, 11) is -3.72. The predicted octanol–water partition coefficient (Wildman–Crippen LogP) is 4.32. The van der Waals surface area contributed by atoms with Crippen LogP contribution in [0.3, 0.4) is 0 Å². The Morgan fingerprint density at radius 3 is 2.20 bits per heavy atom. The Kier molecular flexibility index (Phi) is 7.02. The molecule has 0 aromatic heterocycles. The third-order valence-corrected chi connectivity index (χ3v) is 6.85. The van der Waals surface area contributed by atoms with Crippen LogP contribution in [0.15, 0.2) is 47.4 Å². The van der Waals surface area contributed by atoms with Crippen LogP contribution in [0.2, 0.25) is 0 Å². The van der Waals surface area contributed by atoms with E-state index in [1.165, 1.54) is 18.6 Å². The molecule has 1 aliphatic carbocycles. The third kappa shape index (κ3) is 5.53. The molecule has 1 aliphatic rings. The SMILES string of the molecule is Cc1cccc(C)c1NS(=O)(=O)c1ccc(O[C@H](C)C(=O)NC2CCCCC2)cc1. The molecule has 0 heterocycles. The molecule has 1 fully saturated rings. The normalized spacial score (nSPS) is 16.0. The zero-order chi connectivity index (χ0) is 21.7. The maximum absolute atomic E-state index is 12.8. The summed E-state index contributed by atoms with van der Waals surface area (Å²) in [5.74, 6) is 0.308. The van der Waals surface area contributed by atoms with Crippen LogP contribution in [-0.4, -0.2) is 26.5 Å². The van der Waals surface area contributed by atoms with Crippen molar-refractivity contribution in [2.75, 3.05) is 4.72 Å². The van der Waals surface area contributed by atoms with Crippen LogP contribution in [0.1, 0.15) is 50.2 Å². The molecule has 0 unspecified atom stereocenters. The Morgan fingerprint density at radius 2 is 1.60 bits per heavy atom. The molecular formula is C23H30N2O4S. The first-order valence-corrected chi connectivity index (χ1v) is 11.9. The van der Waals surface area contributed by atoms with Gasteiger partial charge in [0.25, 0.3) is 15.9 Å². The number of amides is 1. The van der Waals surface area contributed by atoms with Crippen molar-refractivity contribution >= 4 is 21.6 Å². The number of carbonyl (C=O) groups is 1. The number of ether oxygens (including phenoxy) is 1. The quantitative estimate of drug-likeness (QED) is 0.685.